The van der Waals surface area contributed by atoms with E-state index in [4.69, 9.17) is 0 Å². The van der Waals surface area contributed by atoms with Crippen molar-refractivity contribution in [3.05, 3.63) is 66.0 Å². The fourth-order valence-electron chi connectivity index (χ4n) is 3.41. The van der Waals surface area contributed by atoms with E-state index >= 15 is 0 Å². The zero-order valence-electron chi connectivity index (χ0n) is 14.3. The monoisotopic (exact) mass is 404 g/mol. The summed E-state index contributed by atoms with van der Waals surface area (Å²) in [6.07, 6.45) is 0.162. The molecule has 2 heterocycles. The molecule has 0 aromatic heterocycles. The van der Waals surface area contributed by atoms with Crippen molar-refractivity contribution in [1.82, 2.24) is 0 Å². The van der Waals surface area contributed by atoms with Crippen LogP contribution in [0.5, 0.6) is 0 Å². The van der Waals surface area contributed by atoms with Gasteiger partial charge in [-0.1, -0.05) is 48.2 Å². The minimum Gasteiger partial charge on any atom is -0.315 e. The van der Waals surface area contributed by atoms with Crippen molar-refractivity contribution in [3.63, 3.8) is 0 Å². The van der Waals surface area contributed by atoms with Crippen molar-refractivity contribution in [1.29, 1.82) is 0 Å². The normalized spacial score (nSPS) is 24.9. The number of halogens is 1. The summed E-state index contributed by atoms with van der Waals surface area (Å²) < 4.78 is 37.8. The van der Waals surface area contributed by atoms with E-state index in [-0.39, 0.29) is 35.1 Å². The van der Waals surface area contributed by atoms with Gasteiger partial charge < -0.3 is 4.90 Å². The SMILES string of the molecule is O=C(Cc1ccccc1)N=C1S[C@@H]2CS(=O)(=O)C[C@H]2N1c1cccc(F)c1. The Bertz CT molecular complexity index is 1010. The van der Waals surface area contributed by atoms with E-state index in [0.29, 0.717) is 10.9 Å². The fraction of sp³-hybridized carbons (Fsp3) is 0.263. The third kappa shape index (κ3) is 3.91. The summed E-state index contributed by atoms with van der Waals surface area (Å²) in [6.45, 7) is 0. The highest BCUT2D eigenvalue weighted by Crippen LogP contribution is 2.41. The van der Waals surface area contributed by atoms with Gasteiger partial charge in [0.15, 0.2) is 15.0 Å². The van der Waals surface area contributed by atoms with Crippen molar-refractivity contribution < 1.29 is 17.6 Å². The molecule has 2 atom stereocenters. The molecule has 8 heteroatoms. The maximum absolute atomic E-state index is 13.7. The van der Waals surface area contributed by atoms with Crippen LogP contribution in [0.25, 0.3) is 0 Å². The van der Waals surface area contributed by atoms with Crippen molar-refractivity contribution in [2.45, 2.75) is 17.7 Å². The van der Waals surface area contributed by atoms with Crippen LogP contribution < -0.4 is 4.90 Å². The highest BCUT2D eigenvalue weighted by atomic mass is 32.2. The van der Waals surface area contributed by atoms with Gasteiger partial charge in [-0.05, 0) is 23.8 Å². The number of aliphatic imine (C=N–C) groups is 1. The Hall–Kier alpha value is -2.19. The van der Waals surface area contributed by atoms with E-state index in [1.807, 2.05) is 30.3 Å². The van der Waals surface area contributed by atoms with Crippen molar-refractivity contribution in [2.24, 2.45) is 4.99 Å². The number of hydrogen-bond acceptors (Lipinski definition) is 4. The van der Waals surface area contributed by atoms with Crippen molar-refractivity contribution >= 4 is 38.4 Å². The fourth-order valence-corrected chi connectivity index (χ4v) is 7.34. The summed E-state index contributed by atoms with van der Waals surface area (Å²) in [5.41, 5.74) is 1.37. The Labute approximate surface area is 161 Å². The van der Waals surface area contributed by atoms with Crippen LogP contribution in [0.1, 0.15) is 5.56 Å². The number of amidine groups is 1. The van der Waals surface area contributed by atoms with E-state index in [9.17, 15) is 17.6 Å². The summed E-state index contributed by atoms with van der Waals surface area (Å²) in [5, 5.41) is 0.230. The number of sulfone groups is 1. The molecule has 0 spiro atoms. The maximum Gasteiger partial charge on any atom is 0.252 e. The number of carbonyl (C=O) groups is 1. The summed E-state index contributed by atoms with van der Waals surface area (Å²) in [7, 11) is -3.15. The van der Waals surface area contributed by atoms with Crippen LogP contribution in [-0.2, 0) is 21.1 Å². The molecule has 2 aromatic carbocycles. The first kappa shape index (κ1) is 18.2. The number of anilines is 1. The lowest BCUT2D eigenvalue weighted by molar-refractivity contribution is -0.117. The van der Waals surface area contributed by atoms with Gasteiger partial charge in [0.25, 0.3) is 5.91 Å². The second-order valence-electron chi connectivity index (χ2n) is 6.60. The number of rotatable bonds is 3. The molecule has 2 aliphatic rings. The summed E-state index contributed by atoms with van der Waals surface area (Å²) in [4.78, 5) is 18.4. The number of fused-ring (bicyclic) bond motifs is 1. The van der Waals surface area contributed by atoms with Gasteiger partial charge in [-0.2, -0.15) is 4.99 Å². The number of carbonyl (C=O) groups excluding carboxylic acids is 1. The van der Waals surface area contributed by atoms with Crippen LogP contribution >= 0.6 is 11.8 Å². The minimum absolute atomic E-state index is 0.0208. The van der Waals surface area contributed by atoms with Crippen LogP contribution in [0.2, 0.25) is 0 Å². The highest BCUT2D eigenvalue weighted by Gasteiger charge is 2.49. The van der Waals surface area contributed by atoms with Gasteiger partial charge >= 0.3 is 0 Å². The van der Waals surface area contributed by atoms with Gasteiger partial charge in [-0.25, -0.2) is 12.8 Å². The number of amides is 1. The molecule has 1 amide bonds. The molecule has 2 saturated heterocycles. The molecule has 0 radical (unpaired) electrons. The van der Waals surface area contributed by atoms with Gasteiger partial charge in [-0.15, -0.1) is 0 Å². The zero-order valence-corrected chi connectivity index (χ0v) is 15.9. The first-order chi connectivity index (χ1) is 12.9. The smallest absolute Gasteiger partial charge is 0.252 e. The second-order valence-corrected chi connectivity index (χ2v) is 9.96. The maximum atomic E-state index is 13.7. The number of nitrogens with zero attached hydrogens (tertiary/aromatic N) is 2. The van der Waals surface area contributed by atoms with E-state index in [1.54, 1.807) is 17.0 Å². The Morgan fingerprint density at radius 1 is 1.15 bits per heavy atom. The van der Waals surface area contributed by atoms with E-state index < -0.39 is 15.7 Å². The topological polar surface area (TPSA) is 66.8 Å². The van der Waals surface area contributed by atoms with E-state index in [0.717, 1.165) is 5.56 Å². The van der Waals surface area contributed by atoms with Crippen LogP contribution in [0, 0.1) is 5.82 Å². The first-order valence-corrected chi connectivity index (χ1v) is 11.2. The number of hydrogen-bond donors (Lipinski definition) is 0. The standard InChI is InChI=1S/C19H17FN2O3S2/c20-14-7-4-8-15(10-14)22-16-11-27(24,25)12-17(16)26-19(22)21-18(23)9-13-5-2-1-3-6-13/h1-8,10,16-17H,9,11-12H2/t16-,17-/m1/s1. The second kappa shape index (κ2) is 7.09. The molecule has 0 bridgehead atoms. The molecule has 140 valence electrons. The molecule has 27 heavy (non-hydrogen) atoms. The number of benzene rings is 2. The van der Waals surface area contributed by atoms with Crippen molar-refractivity contribution in [3.8, 4) is 0 Å². The Balaban J connectivity index is 1.65. The summed E-state index contributed by atoms with van der Waals surface area (Å²) in [6, 6.07) is 14.9. The van der Waals surface area contributed by atoms with E-state index in [2.05, 4.69) is 4.99 Å². The van der Waals surface area contributed by atoms with Gasteiger partial charge in [0.05, 0.1) is 24.0 Å². The lowest BCUT2D eigenvalue weighted by Crippen LogP contribution is -2.37. The van der Waals surface area contributed by atoms with Gasteiger partial charge in [0.1, 0.15) is 5.82 Å². The third-order valence-electron chi connectivity index (χ3n) is 4.57. The molecule has 5 nitrogen and oxygen atoms in total. The van der Waals surface area contributed by atoms with Gasteiger partial charge in [0, 0.05) is 10.9 Å². The lowest BCUT2D eigenvalue weighted by atomic mass is 10.1. The molecule has 2 aromatic rings. The van der Waals surface area contributed by atoms with Gasteiger partial charge in [0.2, 0.25) is 0 Å². The van der Waals surface area contributed by atoms with Gasteiger partial charge in [-0.3, -0.25) is 4.79 Å². The Kier molecular flexibility index (Phi) is 4.77. The molecule has 4 rings (SSSR count). The number of thioether (sulfide) groups is 1. The lowest BCUT2D eigenvalue weighted by Gasteiger charge is -2.24. The molecular formula is C19H17FN2O3S2. The molecule has 0 aliphatic carbocycles. The first-order valence-electron chi connectivity index (χ1n) is 8.49. The largest absolute Gasteiger partial charge is 0.315 e. The van der Waals surface area contributed by atoms with Crippen LogP contribution in [0.15, 0.2) is 59.6 Å². The molecular weight excluding hydrogens is 387 g/mol. The average molecular weight is 404 g/mol. The van der Waals surface area contributed by atoms with Crippen LogP contribution in [-0.4, -0.2) is 42.3 Å². The van der Waals surface area contributed by atoms with E-state index in [1.165, 1.54) is 23.9 Å². The third-order valence-corrected chi connectivity index (χ3v) is 7.78. The molecule has 2 fully saturated rings. The Morgan fingerprint density at radius 2 is 1.93 bits per heavy atom. The molecule has 0 N–H and O–H groups in total. The van der Waals surface area contributed by atoms with Crippen molar-refractivity contribution in [2.75, 3.05) is 16.4 Å². The minimum atomic E-state index is -3.15. The molecule has 0 unspecified atom stereocenters. The predicted molar refractivity (Wildman–Crippen MR) is 105 cm³/mol. The Morgan fingerprint density at radius 3 is 2.67 bits per heavy atom. The highest BCUT2D eigenvalue weighted by molar-refractivity contribution is 8.16. The van der Waals surface area contributed by atoms with Crippen LogP contribution in [0.4, 0.5) is 10.1 Å². The molecule has 2 aliphatic heterocycles. The average Bonchev–Trinajstić information content (AvgIpc) is 3.06. The predicted octanol–water partition coefficient (Wildman–Crippen LogP) is 2.67. The van der Waals surface area contributed by atoms with Crippen LogP contribution in [0.3, 0.4) is 0 Å². The summed E-state index contributed by atoms with van der Waals surface area (Å²) in [5.74, 6) is -0.711. The quantitative estimate of drug-likeness (QED) is 0.787. The zero-order chi connectivity index (χ0) is 19.0. The summed E-state index contributed by atoms with van der Waals surface area (Å²) >= 11 is 1.28. The molecule has 0 saturated carbocycles.